The maximum Gasteiger partial charge on any atom is 0.318 e. The fourth-order valence-corrected chi connectivity index (χ4v) is 3.64. The van der Waals surface area contributed by atoms with Crippen molar-refractivity contribution in [3.8, 4) is 11.8 Å². The van der Waals surface area contributed by atoms with Gasteiger partial charge in [0.05, 0.1) is 19.8 Å². The summed E-state index contributed by atoms with van der Waals surface area (Å²) >= 11 is 5.93. The molecule has 0 atom stereocenters. The summed E-state index contributed by atoms with van der Waals surface area (Å²) in [5.74, 6) is 0.874. The van der Waals surface area contributed by atoms with E-state index >= 15 is 0 Å². The molecular weight excluding hydrogens is 456 g/mol. The number of ether oxygens (including phenoxy) is 2. The summed E-state index contributed by atoms with van der Waals surface area (Å²) < 4.78 is 12.1. The quantitative estimate of drug-likeness (QED) is 0.235. The Morgan fingerprint density at radius 3 is 2.47 bits per heavy atom. The number of carbonyl (C=O) groups is 2. The molecule has 2 aromatic carbocycles. The van der Waals surface area contributed by atoms with Gasteiger partial charge < -0.3 is 19.4 Å². The van der Waals surface area contributed by atoms with Gasteiger partial charge >= 0.3 is 6.01 Å². The van der Waals surface area contributed by atoms with Gasteiger partial charge in [0.25, 0.3) is 0 Å². The number of ketones is 1. The number of aldehydes is 1. The van der Waals surface area contributed by atoms with E-state index in [1.54, 1.807) is 32.5 Å². The maximum absolute atomic E-state index is 12.1. The smallest absolute Gasteiger partial charge is 0.318 e. The number of Topliss-reactive ketones (excluding diaryl/α,β-unsaturated/α-hetero) is 1. The lowest BCUT2D eigenvalue weighted by Crippen LogP contribution is -2.05. The first-order chi connectivity index (χ1) is 16.4. The minimum absolute atomic E-state index is 0.355. The Labute approximate surface area is 202 Å². The molecule has 0 amide bonds. The lowest BCUT2D eigenvalue weighted by atomic mass is 10.1. The van der Waals surface area contributed by atoms with Crippen LogP contribution in [0, 0.1) is 6.92 Å². The summed E-state index contributed by atoms with van der Waals surface area (Å²) in [7, 11) is 4.90. The number of fused-ring (bicyclic) bond motifs is 1. The van der Waals surface area contributed by atoms with Crippen LogP contribution in [-0.2, 0) is 11.3 Å². The van der Waals surface area contributed by atoms with Gasteiger partial charge in [0.15, 0.2) is 6.29 Å². The number of nitrogens with zero attached hydrogens (tertiary/aromatic N) is 3. The zero-order chi connectivity index (χ0) is 24.7. The van der Waals surface area contributed by atoms with Crippen LogP contribution >= 0.6 is 11.6 Å². The van der Waals surface area contributed by atoms with Gasteiger partial charge in [0.1, 0.15) is 11.6 Å². The zero-order valence-corrected chi connectivity index (χ0v) is 20.1. The number of nitrogens with one attached hydrogen (secondary N) is 1. The lowest BCUT2D eigenvalue weighted by Gasteiger charge is -2.09. The van der Waals surface area contributed by atoms with Gasteiger partial charge in [-0.15, -0.1) is 0 Å². The van der Waals surface area contributed by atoms with E-state index < -0.39 is 5.78 Å². The molecule has 0 radical (unpaired) electrons. The van der Waals surface area contributed by atoms with Crippen molar-refractivity contribution in [2.45, 2.75) is 13.5 Å². The van der Waals surface area contributed by atoms with E-state index in [1.807, 2.05) is 47.9 Å². The van der Waals surface area contributed by atoms with Crippen LogP contribution in [0.4, 0.5) is 5.82 Å². The Balaban J connectivity index is 0.000000271. The van der Waals surface area contributed by atoms with Gasteiger partial charge in [-0.1, -0.05) is 23.7 Å². The van der Waals surface area contributed by atoms with Crippen molar-refractivity contribution in [1.29, 1.82) is 0 Å². The van der Waals surface area contributed by atoms with E-state index in [-0.39, 0.29) is 0 Å². The van der Waals surface area contributed by atoms with E-state index in [9.17, 15) is 9.59 Å². The van der Waals surface area contributed by atoms with Crippen LogP contribution in [0.2, 0.25) is 5.02 Å². The molecule has 0 spiro atoms. The van der Waals surface area contributed by atoms with E-state index in [0.717, 1.165) is 28.0 Å². The molecule has 8 nitrogen and oxygen atoms in total. The number of carbonyl (C=O) groups excluding carboxylic acids is 2. The zero-order valence-electron chi connectivity index (χ0n) is 19.3. The molecule has 0 saturated carbocycles. The normalized spacial score (nSPS) is 10.3. The van der Waals surface area contributed by atoms with E-state index in [0.29, 0.717) is 35.2 Å². The fraction of sp³-hybridized carbons (Fsp3) is 0.200. The van der Waals surface area contributed by atoms with Crippen molar-refractivity contribution in [3.05, 3.63) is 76.6 Å². The second-order valence-electron chi connectivity index (χ2n) is 7.22. The van der Waals surface area contributed by atoms with Crippen LogP contribution in [-0.4, -0.2) is 47.9 Å². The Bertz CT molecular complexity index is 1280. The number of hydrogen-bond donors (Lipinski definition) is 1. The molecule has 0 fully saturated rings. The first-order valence-electron chi connectivity index (χ1n) is 10.4. The third kappa shape index (κ3) is 5.52. The molecule has 9 heteroatoms. The standard InChI is InChI=1S/C19H16ClNO3.C6H9N3O/c1-12-19(18(23)11-22)16-9-15(24-2)7-8-17(16)21(12)10-13-3-5-14(20)6-4-13;1-7-5-3-4-8-6(9-5)10-2/h3-9,11H,10H2,1-2H3;3-4H,1-2H3,(H,7,8,9). The van der Waals surface area contributed by atoms with Gasteiger partial charge in [0, 0.05) is 41.4 Å². The van der Waals surface area contributed by atoms with Crippen molar-refractivity contribution in [2.75, 3.05) is 26.6 Å². The van der Waals surface area contributed by atoms with Crippen LogP contribution in [0.15, 0.2) is 54.7 Å². The van der Waals surface area contributed by atoms with Crippen LogP contribution in [0.1, 0.15) is 21.6 Å². The highest BCUT2D eigenvalue weighted by atomic mass is 35.5. The van der Waals surface area contributed by atoms with Gasteiger partial charge in [-0.2, -0.15) is 4.98 Å². The topological polar surface area (TPSA) is 95.3 Å². The van der Waals surface area contributed by atoms with Gasteiger partial charge in [0.2, 0.25) is 5.78 Å². The molecule has 4 aromatic rings. The number of halogens is 1. The molecule has 0 aliphatic rings. The Morgan fingerprint density at radius 1 is 1.12 bits per heavy atom. The Hall–Kier alpha value is -3.91. The van der Waals surface area contributed by atoms with Gasteiger partial charge in [-0.3, -0.25) is 9.59 Å². The molecule has 4 rings (SSSR count). The SMILES string of the molecule is CNc1ccnc(OC)n1.COc1ccc2c(c1)c(C(=O)C=O)c(C)n2Cc1ccc(Cl)cc1. The van der Waals surface area contributed by atoms with Crippen LogP contribution in [0.5, 0.6) is 11.8 Å². The Morgan fingerprint density at radius 2 is 1.85 bits per heavy atom. The van der Waals surface area contributed by atoms with Gasteiger partial charge in [-0.25, -0.2) is 4.98 Å². The number of methoxy groups -OCH3 is 2. The van der Waals surface area contributed by atoms with Crippen LogP contribution < -0.4 is 14.8 Å². The van der Waals surface area contributed by atoms with Crippen molar-refractivity contribution < 1.29 is 19.1 Å². The van der Waals surface area contributed by atoms with Crippen molar-refractivity contribution >= 4 is 40.4 Å². The van der Waals surface area contributed by atoms with Crippen LogP contribution in [0.3, 0.4) is 0 Å². The first kappa shape index (κ1) is 24.7. The number of aromatic nitrogens is 3. The molecule has 1 N–H and O–H groups in total. The van der Waals surface area contributed by atoms with Crippen LogP contribution in [0.25, 0.3) is 10.9 Å². The average Bonchev–Trinajstić information content (AvgIpc) is 3.15. The summed E-state index contributed by atoms with van der Waals surface area (Å²) in [4.78, 5) is 31.0. The highest BCUT2D eigenvalue weighted by Crippen LogP contribution is 2.30. The first-order valence-corrected chi connectivity index (χ1v) is 10.7. The third-order valence-electron chi connectivity index (χ3n) is 5.21. The molecular formula is C25H25ClN4O4. The third-order valence-corrected chi connectivity index (χ3v) is 5.46. The summed E-state index contributed by atoms with van der Waals surface area (Å²) in [6.07, 6.45) is 1.99. The predicted molar refractivity (Wildman–Crippen MR) is 132 cm³/mol. The van der Waals surface area contributed by atoms with E-state index in [1.165, 1.54) is 7.11 Å². The number of anilines is 1. The molecule has 0 aliphatic carbocycles. The molecule has 0 aliphatic heterocycles. The highest BCUT2D eigenvalue weighted by Gasteiger charge is 2.20. The largest absolute Gasteiger partial charge is 0.497 e. The molecule has 34 heavy (non-hydrogen) atoms. The molecule has 2 heterocycles. The summed E-state index contributed by atoms with van der Waals surface area (Å²) in [6.45, 7) is 2.43. The average molecular weight is 481 g/mol. The van der Waals surface area contributed by atoms with E-state index in [2.05, 4.69) is 15.3 Å². The molecule has 2 aromatic heterocycles. The highest BCUT2D eigenvalue weighted by molar-refractivity contribution is 6.37. The molecule has 176 valence electrons. The number of rotatable bonds is 7. The van der Waals surface area contributed by atoms with Crippen molar-refractivity contribution in [1.82, 2.24) is 14.5 Å². The van der Waals surface area contributed by atoms with Gasteiger partial charge in [-0.05, 0) is 48.9 Å². The molecule has 0 unspecified atom stereocenters. The van der Waals surface area contributed by atoms with Crippen molar-refractivity contribution in [3.63, 3.8) is 0 Å². The maximum atomic E-state index is 12.1. The Kier molecular flexibility index (Phi) is 8.21. The second kappa shape index (κ2) is 11.3. The lowest BCUT2D eigenvalue weighted by molar-refractivity contribution is -0.104. The number of hydrogen-bond acceptors (Lipinski definition) is 7. The molecule has 0 saturated heterocycles. The minimum atomic E-state index is -0.527. The van der Waals surface area contributed by atoms with E-state index in [4.69, 9.17) is 21.1 Å². The summed E-state index contributed by atoms with van der Waals surface area (Å²) in [5.41, 5.74) is 3.12. The minimum Gasteiger partial charge on any atom is -0.497 e. The summed E-state index contributed by atoms with van der Waals surface area (Å²) in [5, 5.41) is 4.27. The summed E-state index contributed by atoms with van der Waals surface area (Å²) in [6, 6.07) is 15.2. The fourth-order valence-electron chi connectivity index (χ4n) is 3.51. The predicted octanol–water partition coefficient (Wildman–Crippen LogP) is 4.57. The monoisotopic (exact) mass is 480 g/mol. The molecule has 0 bridgehead atoms. The number of benzene rings is 2. The van der Waals surface area contributed by atoms with Crippen molar-refractivity contribution in [2.24, 2.45) is 0 Å². The second-order valence-corrected chi connectivity index (χ2v) is 7.65.